The number of aliphatic carboxylic acids is 1. The Bertz CT molecular complexity index is 768. The molecular formula is C26H42N2O6. The van der Waals surface area contributed by atoms with Crippen LogP contribution in [0.5, 0.6) is 5.75 Å². The SMILES string of the molecule is CCCCCCC(C)Oc1cc(N(CCCC(=O)O)CCCC(=O)OCC)ccc1NC(C)=O. The molecular weight excluding hydrogens is 436 g/mol. The van der Waals surface area contributed by atoms with Crippen molar-refractivity contribution in [2.24, 2.45) is 0 Å². The van der Waals surface area contributed by atoms with E-state index in [0.717, 1.165) is 18.5 Å². The molecule has 1 atom stereocenters. The van der Waals surface area contributed by atoms with Gasteiger partial charge in [-0.15, -0.1) is 0 Å². The van der Waals surface area contributed by atoms with Gasteiger partial charge >= 0.3 is 11.9 Å². The summed E-state index contributed by atoms with van der Waals surface area (Å²) in [6, 6.07) is 5.58. The highest BCUT2D eigenvalue weighted by Gasteiger charge is 2.15. The lowest BCUT2D eigenvalue weighted by molar-refractivity contribution is -0.143. The molecule has 34 heavy (non-hydrogen) atoms. The Kier molecular flexibility index (Phi) is 14.4. The van der Waals surface area contributed by atoms with Crippen LogP contribution in [-0.4, -0.2) is 48.8 Å². The van der Waals surface area contributed by atoms with Gasteiger partial charge in [-0.1, -0.05) is 26.2 Å². The summed E-state index contributed by atoms with van der Waals surface area (Å²) in [7, 11) is 0. The number of hydrogen-bond acceptors (Lipinski definition) is 6. The molecule has 0 aliphatic carbocycles. The largest absolute Gasteiger partial charge is 0.488 e. The summed E-state index contributed by atoms with van der Waals surface area (Å²) in [6.45, 7) is 8.90. The number of carboxylic acid groups (broad SMARTS) is 1. The molecule has 1 rings (SSSR count). The molecule has 8 heteroatoms. The molecule has 192 valence electrons. The molecule has 1 aromatic rings. The van der Waals surface area contributed by atoms with Crippen LogP contribution < -0.4 is 15.0 Å². The van der Waals surface area contributed by atoms with Crippen LogP contribution in [0.25, 0.3) is 0 Å². The van der Waals surface area contributed by atoms with Crippen LogP contribution in [0.15, 0.2) is 18.2 Å². The fraction of sp³-hybridized carbons (Fsp3) is 0.654. The van der Waals surface area contributed by atoms with Gasteiger partial charge < -0.3 is 24.8 Å². The monoisotopic (exact) mass is 478 g/mol. The second-order valence-electron chi connectivity index (χ2n) is 8.53. The van der Waals surface area contributed by atoms with Gasteiger partial charge in [-0.3, -0.25) is 14.4 Å². The number of ether oxygens (including phenoxy) is 2. The first kappa shape index (κ1) is 29.3. The first-order valence-corrected chi connectivity index (χ1v) is 12.5. The molecule has 0 fully saturated rings. The Labute approximate surface area is 204 Å². The predicted octanol–water partition coefficient (Wildman–Crippen LogP) is 5.40. The summed E-state index contributed by atoms with van der Waals surface area (Å²) in [6.07, 6.45) is 6.97. The van der Waals surface area contributed by atoms with E-state index in [1.54, 1.807) is 6.92 Å². The molecule has 0 saturated carbocycles. The Morgan fingerprint density at radius 1 is 1.03 bits per heavy atom. The summed E-state index contributed by atoms with van der Waals surface area (Å²) >= 11 is 0. The van der Waals surface area contributed by atoms with Gasteiger partial charge in [0.1, 0.15) is 5.75 Å². The normalized spacial score (nSPS) is 11.5. The summed E-state index contributed by atoms with van der Waals surface area (Å²) < 4.78 is 11.2. The fourth-order valence-electron chi connectivity index (χ4n) is 3.67. The Morgan fingerprint density at radius 2 is 1.74 bits per heavy atom. The van der Waals surface area contributed by atoms with E-state index < -0.39 is 5.97 Å². The molecule has 0 aliphatic rings. The van der Waals surface area contributed by atoms with E-state index in [0.29, 0.717) is 50.4 Å². The second-order valence-corrected chi connectivity index (χ2v) is 8.53. The molecule has 0 bridgehead atoms. The van der Waals surface area contributed by atoms with E-state index in [2.05, 4.69) is 17.1 Å². The quantitative estimate of drug-likeness (QED) is 0.215. The number of carboxylic acids is 1. The minimum absolute atomic E-state index is 0.0103. The molecule has 0 aromatic heterocycles. The zero-order valence-corrected chi connectivity index (χ0v) is 21.2. The van der Waals surface area contributed by atoms with Crippen LogP contribution in [0.1, 0.15) is 85.5 Å². The van der Waals surface area contributed by atoms with Gasteiger partial charge in [0.05, 0.1) is 18.4 Å². The van der Waals surface area contributed by atoms with Crippen molar-refractivity contribution in [3.8, 4) is 5.75 Å². The highest BCUT2D eigenvalue weighted by molar-refractivity contribution is 5.90. The van der Waals surface area contributed by atoms with E-state index in [-0.39, 0.29) is 24.4 Å². The van der Waals surface area contributed by atoms with Gasteiger partial charge in [0.25, 0.3) is 0 Å². The summed E-state index contributed by atoms with van der Waals surface area (Å²) in [5.41, 5.74) is 1.46. The van der Waals surface area contributed by atoms with Crippen molar-refractivity contribution < 1.29 is 29.0 Å². The van der Waals surface area contributed by atoms with Crippen molar-refractivity contribution in [3.05, 3.63) is 18.2 Å². The highest BCUT2D eigenvalue weighted by Crippen LogP contribution is 2.32. The van der Waals surface area contributed by atoms with Gasteiger partial charge in [-0.2, -0.15) is 0 Å². The number of rotatable bonds is 18. The van der Waals surface area contributed by atoms with Gasteiger partial charge in [-0.25, -0.2) is 0 Å². The van der Waals surface area contributed by atoms with E-state index in [1.165, 1.54) is 26.2 Å². The summed E-state index contributed by atoms with van der Waals surface area (Å²) in [5.74, 6) is -0.673. The van der Waals surface area contributed by atoms with Gasteiger partial charge in [0, 0.05) is 44.6 Å². The number of carbonyl (C=O) groups is 3. The average molecular weight is 479 g/mol. The molecule has 0 spiro atoms. The van der Waals surface area contributed by atoms with E-state index >= 15 is 0 Å². The number of anilines is 2. The number of nitrogens with one attached hydrogen (secondary N) is 1. The van der Waals surface area contributed by atoms with E-state index in [4.69, 9.17) is 14.6 Å². The number of esters is 1. The van der Waals surface area contributed by atoms with Crippen LogP contribution in [0, 0.1) is 0 Å². The molecule has 8 nitrogen and oxygen atoms in total. The second kappa shape index (κ2) is 16.8. The van der Waals surface area contributed by atoms with Crippen molar-refractivity contribution in [2.45, 2.75) is 91.6 Å². The first-order chi connectivity index (χ1) is 16.3. The van der Waals surface area contributed by atoms with E-state index in [9.17, 15) is 14.4 Å². The lowest BCUT2D eigenvalue weighted by atomic mass is 10.1. The molecule has 1 unspecified atom stereocenters. The summed E-state index contributed by atoms with van der Waals surface area (Å²) in [4.78, 5) is 36.5. The number of hydrogen-bond donors (Lipinski definition) is 2. The van der Waals surface area contributed by atoms with Gasteiger partial charge in [0.2, 0.25) is 5.91 Å². The Hall–Kier alpha value is -2.77. The Balaban J connectivity index is 3.00. The number of unbranched alkanes of at least 4 members (excludes halogenated alkanes) is 3. The third-order valence-electron chi connectivity index (χ3n) is 5.37. The maximum absolute atomic E-state index is 11.7. The molecule has 1 amide bonds. The Morgan fingerprint density at radius 3 is 2.35 bits per heavy atom. The predicted molar refractivity (Wildman–Crippen MR) is 135 cm³/mol. The van der Waals surface area contributed by atoms with Crippen molar-refractivity contribution in [1.29, 1.82) is 0 Å². The number of carbonyl (C=O) groups excluding carboxylic acids is 2. The smallest absolute Gasteiger partial charge is 0.305 e. The average Bonchev–Trinajstić information content (AvgIpc) is 2.76. The number of amides is 1. The number of benzene rings is 1. The van der Waals surface area contributed by atoms with Crippen LogP contribution in [0.4, 0.5) is 11.4 Å². The van der Waals surface area contributed by atoms with Crippen LogP contribution >= 0.6 is 0 Å². The fourth-order valence-corrected chi connectivity index (χ4v) is 3.67. The summed E-state index contributed by atoms with van der Waals surface area (Å²) in [5, 5.41) is 11.9. The molecule has 0 aliphatic heterocycles. The topological polar surface area (TPSA) is 105 Å². The lowest BCUT2D eigenvalue weighted by Crippen LogP contribution is -2.27. The van der Waals surface area contributed by atoms with Crippen molar-refractivity contribution in [1.82, 2.24) is 0 Å². The van der Waals surface area contributed by atoms with Crippen LogP contribution in [-0.2, 0) is 19.1 Å². The van der Waals surface area contributed by atoms with Gasteiger partial charge in [0.15, 0.2) is 0 Å². The standard InChI is InChI=1S/C26H42N2O6/c1-5-7-8-9-12-20(3)34-24-19-22(15-16-23(24)27-21(4)29)28(17-10-13-25(30)31)18-11-14-26(32)33-6-2/h15-16,19-20H,5-14,17-18H2,1-4H3,(H,27,29)(H,30,31). The van der Waals surface area contributed by atoms with Crippen LogP contribution in [0.3, 0.4) is 0 Å². The maximum atomic E-state index is 11.7. The van der Waals surface area contributed by atoms with Crippen molar-refractivity contribution in [2.75, 3.05) is 29.9 Å². The highest BCUT2D eigenvalue weighted by atomic mass is 16.5. The zero-order chi connectivity index (χ0) is 25.3. The number of nitrogens with zero attached hydrogens (tertiary/aromatic N) is 1. The third-order valence-corrected chi connectivity index (χ3v) is 5.37. The zero-order valence-electron chi connectivity index (χ0n) is 21.2. The minimum Gasteiger partial charge on any atom is -0.488 e. The molecule has 0 heterocycles. The maximum Gasteiger partial charge on any atom is 0.305 e. The lowest BCUT2D eigenvalue weighted by Gasteiger charge is -2.26. The van der Waals surface area contributed by atoms with Gasteiger partial charge in [-0.05, 0) is 51.7 Å². The minimum atomic E-state index is -0.839. The molecule has 0 radical (unpaired) electrons. The molecule has 0 saturated heterocycles. The van der Waals surface area contributed by atoms with Crippen molar-refractivity contribution in [3.63, 3.8) is 0 Å². The van der Waals surface area contributed by atoms with Crippen LogP contribution in [0.2, 0.25) is 0 Å². The van der Waals surface area contributed by atoms with Crippen molar-refractivity contribution >= 4 is 29.2 Å². The molecule has 1 aromatic carbocycles. The first-order valence-electron chi connectivity index (χ1n) is 12.5. The third kappa shape index (κ3) is 12.5. The van der Waals surface area contributed by atoms with E-state index in [1.807, 2.05) is 25.1 Å². The molecule has 2 N–H and O–H groups in total.